The summed E-state index contributed by atoms with van der Waals surface area (Å²) >= 11 is 0. The number of likely N-dealkylation sites (tertiary alicyclic amines) is 1. The van der Waals surface area contributed by atoms with Crippen molar-refractivity contribution in [2.24, 2.45) is 0 Å². The monoisotopic (exact) mass is 406 g/mol. The molecule has 0 radical (unpaired) electrons. The van der Waals surface area contributed by atoms with Gasteiger partial charge in [-0.2, -0.15) is 5.10 Å². The molecule has 1 aliphatic rings. The maximum absolute atomic E-state index is 12.6. The van der Waals surface area contributed by atoms with Gasteiger partial charge < -0.3 is 15.0 Å². The number of hydrogen-bond donors (Lipinski definition) is 2. The van der Waals surface area contributed by atoms with Crippen LogP contribution in [-0.4, -0.2) is 57.1 Å². The number of rotatable bonds is 5. The molecule has 1 saturated heterocycles. The average molecular weight is 406 g/mol. The van der Waals surface area contributed by atoms with Crippen molar-refractivity contribution in [2.75, 3.05) is 25.5 Å². The molecule has 1 fully saturated rings. The van der Waals surface area contributed by atoms with E-state index in [4.69, 9.17) is 4.74 Å². The molecule has 2 aromatic heterocycles. The number of hydrogen-bond acceptors (Lipinski definition) is 6. The van der Waals surface area contributed by atoms with Crippen molar-refractivity contribution >= 4 is 17.5 Å². The highest BCUT2D eigenvalue weighted by atomic mass is 16.5. The lowest BCUT2D eigenvalue weighted by atomic mass is 10.1. The summed E-state index contributed by atoms with van der Waals surface area (Å²) in [6.07, 6.45) is 3.88. The van der Waals surface area contributed by atoms with Crippen molar-refractivity contribution < 1.29 is 14.3 Å². The molecule has 2 amide bonds. The van der Waals surface area contributed by atoms with Crippen molar-refractivity contribution in [3.63, 3.8) is 0 Å². The fourth-order valence-corrected chi connectivity index (χ4v) is 3.48. The third kappa shape index (κ3) is 4.00. The number of aromatic nitrogens is 4. The number of carbonyl (C=O) groups excluding carboxylic acids is 2. The SMILES string of the molecule is COc1ccc(NC(=O)c2cnc([C@@H]3CCN(C(=O)c4ccn[nH]4)C3)nc2C)cc1. The molecule has 2 N–H and O–H groups in total. The number of carbonyl (C=O) groups is 2. The number of H-pyrrole nitrogens is 1. The summed E-state index contributed by atoms with van der Waals surface area (Å²) in [7, 11) is 1.59. The molecule has 0 aliphatic carbocycles. The fourth-order valence-electron chi connectivity index (χ4n) is 3.48. The van der Waals surface area contributed by atoms with Gasteiger partial charge in [0.1, 0.15) is 17.3 Å². The van der Waals surface area contributed by atoms with Crippen LogP contribution < -0.4 is 10.1 Å². The van der Waals surface area contributed by atoms with Gasteiger partial charge in [0.15, 0.2) is 0 Å². The van der Waals surface area contributed by atoms with Gasteiger partial charge in [-0.1, -0.05) is 0 Å². The van der Waals surface area contributed by atoms with E-state index < -0.39 is 0 Å². The number of methoxy groups -OCH3 is 1. The first-order valence-electron chi connectivity index (χ1n) is 9.62. The molecule has 0 bridgehead atoms. The third-order valence-electron chi connectivity index (χ3n) is 5.16. The van der Waals surface area contributed by atoms with Gasteiger partial charge in [-0.3, -0.25) is 14.7 Å². The number of anilines is 1. The van der Waals surface area contributed by atoms with Crippen LogP contribution in [0.15, 0.2) is 42.7 Å². The van der Waals surface area contributed by atoms with Crippen molar-refractivity contribution in [3.05, 3.63) is 65.5 Å². The van der Waals surface area contributed by atoms with Gasteiger partial charge in [-0.15, -0.1) is 0 Å². The lowest BCUT2D eigenvalue weighted by Crippen LogP contribution is -2.29. The summed E-state index contributed by atoms with van der Waals surface area (Å²) in [6, 6.07) is 8.75. The van der Waals surface area contributed by atoms with E-state index in [2.05, 4.69) is 25.5 Å². The number of nitrogens with one attached hydrogen (secondary N) is 2. The summed E-state index contributed by atoms with van der Waals surface area (Å²) in [5.41, 5.74) is 2.15. The maximum atomic E-state index is 12.6. The summed E-state index contributed by atoms with van der Waals surface area (Å²) in [6.45, 7) is 2.95. The molecule has 0 saturated carbocycles. The Kier molecular flexibility index (Phi) is 5.42. The molecule has 30 heavy (non-hydrogen) atoms. The van der Waals surface area contributed by atoms with Crippen LogP contribution >= 0.6 is 0 Å². The highest BCUT2D eigenvalue weighted by Crippen LogP contribution is 2.26. The van der Waals surface area contributed by atoms with Gasteiger partial charge in [0.2, 0.25) is 0 Å². The van der Waals surface area contributed by atoms with Gasteiger partial charge >= 0.3 is 0 Å². The normalized spacial score (nSPS) is 15.8. The zero-order valence-corrected chi connectivity index (χ0v) is 16.8. The molecule has 0 spiro atoms. The Morgan fingerprint density at radius 3 is 2.70 bits per heavy atom. The molecular formula is C21H22N6O3. The predicted octanol–water partition coefficient (Wildman–Crippen LogP) is 2.40. The highest BCUT2D eigenvalue weighted by Gasteiger charge is 2.30. The summed E-state index contributed by atoms with van der Waals surface area (Å²) in [4.78, 5) is 35.8. The maximum Gasteiger partial charge on any atom is 0.271 e. The predicted molar refractivity (Wildman–Crippen MR) is 110 cm³/mol. The number of amides is 2. The Bertz CT molecular complexity index is 1050. The van der Waals surface area contributed by atoms with E-state index in [1.165, 1.54) is 0 Å². The standard InChI is InChI=1S/C21H22N6O3/c1-13-17(20(28)25-15-3-5-16(30-2)6-4-15)11-22-19(24-13)14-8-10-27(12-14)21(29)18-7-9-23-26-18/h3-7,9,11,14H,8,10,12H2,1-2H3,(H,23,26)(H,25,28)/t14-/m1/s1. The summed E-state index contributed by atoms with van der Waals surface area (Å²) < 4.78 is 5.12. The summed E-state index contributed by atoms with van der Waals surface area (Å²) in [5.74, 6) is 1.05. The van der Waals surface area contributed by atoms with E-state index in [1.807, 2.05) is 0 Å². The van der Waals surface area contributed by atoms with Gasteiger partial charge in [0, 0.05) is 37.1 Å². The first-order valence-corrected chi connectivity index (χ1v) is 9.62. The second kappa shape index (κ2) is 8.32. The lowest BCUT2D eigenvalue weighted by molar-refractivity contribution is 0.0784. The zero-order chi connectivity index (χ0) is 21.1. The average Bonchev–Trinajstić information content (AvgIpc) is 3.46. The summed E-state index contributed by atoms with van der Waals surface area (Å²) in [5, 5.41) is 9.37. The number of nitrogens with zero attached hydrogens (tertiary/aromatic N) is 4. The number of aryl methyl sites for hydroxylation is 1. The van der Waals surface area contributed by atoms with Gasteiger partial charge in [-0.25, -0.2) is 9.97 Å². The van der Waals surface area contributed by atoms with Crippen LogP contribution in [0.2, 0.25) is 0 Å². The lowest BCUT2D eigenvalue weighted by Gasteiger charge is -2.15. The Morgan fingerprint density at radius 1 is 1.23 bits per heavy atom. The van der Waals surface area contributed by atoms with Crippen molar-refractivity contribution in [1.29, 1.82) is 0 Å². The molecule has 4 rings (SSSR count). The second-order valence-corrected chi connectivity index (χ2v) is 7.12. The molecule has 154 valence electrons. The van der Waals surface area contributed by atoms with Crippen LogP contribution in [0.25, 0.3) is 0 Å². The molecule has 9 heteroatoms. The fraction of sp³-hybridized carbons (Fsp3) is 0.286. The molecule has 3 heterocycles. The van der Waals surface area contributed by atoms with Crippen LogP contribution in [0.4, 0.5) is 5.69 Å². The topological polar surface area (TPSA) is 113 Å². The van der Waals surface area contributed by atoms with Crippen LogP contribution in [0.1, 0.15) is 44.7 Å². The van der Waals surface area contributed by atoms with Crippen LogP contribution in [0, 0.1) is 6.92 Å². The Morgan fingerprint density at radius 2 is 2.03 bits per heavy atom. The number of benzene rings is 1. The van der Waals surface area contributed by atoms with Gasteiger partial charge in [0.05, 0.1) is 18.4 Å². The van der Waals surface area contributed by atoms with Crippen molar-refractivity contribution in [2.45, 2.75) is 19.3 Å². The Labute approximate surface area is 173 Å². The van der Waals surface area contributed by atoms with Crippen LogP contribution in [0.3, 0.4) is 0 Å². The van der Waals surface area contributed by atoms with Gasteiger partial charge in [0.25, 0.3) is 11.8 Å². The van der Waals surface area contributed by atoms with E-state index in [9.17, 15) is 9.59 Å². The van der Waals surface area contributed by atoms with Crippen LogP contribution in [-0.2, 0) is 0 Å². The van der Waals surface area contributed by atoms with Crippen LogP contribution in [0.5, 0.6) is 5.75 Å². The van der Waals surface area contributed by atoms with Gasteiger partial charge in [-0.05, 0) is 43.7 Å². The van der Waals surface area contributed by atoms with E-state index >= 15 is 0 Å². The minimum atomic E-state index is -0.272. The molecule has 9 nitrogen and oxygen atoms in total. The minimum absolute atomic E-state index is 0.0364. The van der Waals surface area contributed by atoms with E-state index in [0.29, 0.717) is 47.3 Å². The highest BCUT2D eigenvalue weighted by molar-refractivity contribution is 6.04. The first-order chi connectivity index (χ1) is 14.5. The molecule has 1 atom stereocenters. The Hall–Kier alpha value is -3.75. The second-order valence-electron chi connectivity index (χ2n) is 7.12. The van der Waals surface area contributed by atoms with E-state index in [-0.39, 0.29) is 17.7 Å². The van der Waals surface area contributed by atoms with E-state index in [1.54, 1.807) is 61.7 Å². The molecule has 3 aromatic rings. The molecular weight excluding hydrogens is 384 g/mol. The van der Waals surface area contributed by atoms with Crippen molar-refractivity contribution in [3.8, 4) is 5.75 Å². The van der Waals surface area contributed by atoms with E-state index in [0.717, 1.165) is 6.42 Å². The minimum Gasteiger partial charge on any atom is -0.497 e. The van der Waals surface area contributed by atoms with Crippen molar-refractivity contribution in [1.82, 2.24) is 25.1 Å². The number of aromatic amines is 1. The molecule has 1 aromatic carbocycles. The third-order valence-corrected chi connectivity index (χ3v) is 5.16. The molecule has 0 unspecified atom stereocenters. The number of ether oxygens (including phenoxy) is 1. The Balaban J connectivity index is 1.42. The largest absolute Gasteiger partial charge is 0.497 e. The smallest absolute Gasteiger partial charge is 0.271 e. The molecule has 1 aliphatic heterocycles. The first kappa shape index (κ1) is 19.6. The zero-order valence-electron chi connectivity index (χ0n) is 16.8. The quantitative estimate of drug-likeness (QED) is 0.673.